The van der Waals surface area contributed by atoms with E-state index in [9.17, 15) is 14.7 Å². The topological polar surface area (TPSA) is 121 Å². The molecule has 0 aliphatic heterocycles. The Balaban J connectivity index is 1.40. The molecule has 4 N–H and O–H groups in total. The second-order valence-corrected chi connectivity index (χ2v) is 7.76. The Morgan fingerprint density at radius 3 is 2.48 bits per heavy atom. The lowest BCUT2D eigenvalue weighted by Gasteiger charge is -2.15. The number of carbonyl (C=O) groups excluding carboxylic acids is 1. The quantitative estimate of drug-likeness (QED) is 0.293. The largest absolute Gasteiger partial charge is 0.480 e. The number of carboxylic acids is 1. The number of carbonyl (C=O) groups is 2. The zero-order valence-corrected chi connectivity index (χ0v) is 18.7. The summed E-state index contributed by atoms with van der Waals surface area (Å²) in [4.78, 5) is 32.6. The molecule has 3 aromatic rings. The van der Waals surface area contributed by atoms with Gasteiger partial charge in [0.1, 0.15) is 11.9 Å². The number of nitrogens with one attached hydrogen (secondary N) is 3. The number of pyridine rings is 1. The van der Waals surface area contributed by atoms with Gasteiger partial charge in [-0.25, -0.2) is 9.78 Å². The van der Waals surface area contributed by atoms with Crippen LogP contribution in [0, 0.1) is 0 Å². The smallest absolute Gasteiger partial charge is 0.326 e. The highest BCUT2D eigenvalue weighted by Gasteiger charge is 2.20. The van der Waals surface area contributed by atoms with Gasteiger partial charge < -0.3 is 25.6 Å². The van der Waals surface area contributed by atoms with E-state index in [-0.39, 0.29) is 0 Å². The molecule has 33 heavy (non-hydrogen) atoms. The monoisotopic (exact) mass is 450 g/mol. The molecule has 0 unspecified atom stereocenters. The Bertz CT molecular complexity index is 1020. The fraction of sp³-hybridized carbons (Fsp3) is 0.333. The highest BCUT2D eigenvalue weighted by molar-refractivity contribution is 5.96. The van der Waals surface area contributed by atoms with Gasteiger partial charge in [0.05, 0.1) is 12.2 Å². The predicted octanol–water partition coefficient (Wildman–Crippen LogP) is 1.86. The molecule has 2 aromatic heterocycles. The van der Waals surface area contributed by atoms with Gasteiger partial charge in [-0.1, -0.05) is 18.2 Å². The molecule has 1 aromatic carbocycles. The van der Waals surface area contributed by atoms with Crippen molar-refractivity contribution in [3.8, 4) is 0 Å². The summed E-state index contributed by atoms with van der Waals surface area (Å²) in [6, 6.07) is 12.0. The van der Waals surface area contributed by atoms with Gasteiger partial charge in [-0.15, -0.1) is 0 Å². The highest BCUT2D eigenvalue weighted by atomic mass is 16.4. The van der Waals surface area contributed by atoms with Crippen molar-refractivity contribution in [2.24, 2.45) is 7.05 Å². The summed E-state index contributed by atoms with van der Waals surface area (Å²) in [6.07, 6.45) is 6.32. The number of aliphatic carboxylic acids is 1. The molecule has 2 heterocycles. The molecule has 3 rings (SSSR count). The number of benzene rings is 1. The maximum absolute atomic E-state index is 12.5. The van der Waals surface area contributed by atoms with Gasteiger partial charge in [-0.3, -0.25) is 9.78 Å². The van der Waals surface area contributed by atoms with Crippen molar-refractivity contribution in [3.63, 3.8) is 0 Å². The summed E-state index contributed by atoms with van der Waals surface area (Å²) >= 11 is 0. The van der Waals surface area contributed by atoms with Crippen LogP contribution in [0.15, 0.2) is 61.1 Å². The molecular formula is C24H30N6O3. The Hall–Kier alpha value is -3.56. The minimum atomic E-state index is -1.04. The first-order chi connectivity index (χ1) is 16.0. The minimum Gasteiger partial charge on any atom is -0.480 e. The number of nitrogens with zero attached hydrogens (tertiary/aromatic N) is 3. The molecule has 0 fully saturated rings. The molecule has 0 saturated carbocycles. The van der Waals surface area contributed by atoms with E-state index in [4.69, 9.17) is 0 Å². The third-order valence-corrected chi connectivity index (χ3v) is 5.23. The van der Waals surface area contributed by atoms with Crippen LogP contribution in [0.4, 0.5) is 0 Å². The average molecular weight is 451 g/mol. The lowest BCUT2D eigenvalue weighted by Crippen LogP contribution is -2.41. The first kappa shape index (κ1) is 24.1. The van der Waals surface area contributed by atoms with Gasteiger partial charge in [0, 0.05) is 44.3 Å². The third kappa shape index (κ3) is 7.81. The fourth-order valence-electron chi connectivity index (χ4n) is 3.31. The fourth-order valence-corrected chi connectivity index (χ4v) is 3.31. The van der Waals surface area contributed by atoms with E-state index in [1.165, 1.54) is 0 Å². The van der Waals surface area contributed by atoms with Crippen molar-refractivity contribution in [1.82, 2.24) is 30.5 Å². The summed E-state index contributed by atoms with van der Waals surface area (Å²) in [6.45, 7) is 2.53. The second kappa shape index (κ2) is 12.5. The first-order valence-electron chi connectivity index (χ1n) is 10.9. The number of amides is 1. The molecule has 1 atom stereocenters. The van der Waals surface area contributed by atoms with E-state index in [0.717, 1.165) is 17.1 Å². The van der Waals surface area contributed by atoms with E-state index in [1.807, 2.05) is 48.1 Å². The Kier molecular flexibility index (Phi) is 9.10. The SMILES string of the molecule is Cn1ccnc1CNCCC[C@H](NC(=O)c1ccc(CNCc2ccccn2)cc1)C(=O)O. The summed E-state index contributed by atoms with van der Waals surface area (Å²) in [5.74, 6) is -0.521. The van der Waals surface area contributed by atoms with Gasteiger partial charge in [-0.2, -0.15) is 0 Å². The Morgan fingerprint density at radius 1 is 1.00 bits per heavy atom. The Morgan fingerprint density at radius 2 is 1.82 bits per heavy atom. The van der Waals surface area contributed by atoms with Crippen molar-refractivity contribution >= 4 is 11.9 Å². The van der Waals surface area contributed by atoms with Crippen LogP contribution in [0.3, 0.4) is 0 Å². The number of carboxylic acid groups (broad SMARTS) is 1. The maximum Gasteiger partial charge on any atom is 0.326 e. The number of hydrogen-bond donors (Lipinski definition) is 4. The summed E-state index contributed by atoms with van der Waals surface area (Å²) in [7, 11) is 1.92. The highest BCUT2D eigenvalue weighted by Crippen LogP contribution is 2.07. The molecule has 0 aliphatic carbocycles. The standard InChI is InChI=1S/C24H30N6O3/c1-30-14-13-28-22(30)17-25-11-4-6-21(24(32)33)29-23(31)19-9-7-18(8-10-19)15-26-16-20-5-2-3-12-27-20/h2-3,5,7-10,12-14,21,25-26H,4,6,11,15-17H2,1H3,(H,29,31)(H,32,33)/t21-/m0/s1. The molecule has 0 aliphatic rings. The summed E-state index contributed by atoms with van der Waals surface area (Å²) in [5.41, 5.74) is 2.42. The van der Waals surface area contributed by atoms with Gasteiger partial charge in [0.2, 0.25) is 0 Å². The molecule has 0 bridgehead atoms. The van der Waals surface area contributed by atoms with E-state index >= 15 is 0 Å². The summed E-state index contributed by atoms with van der Waals surface area (Å²) < 4.78 is 1.93. The van der Waals surface area contributed by atoms with E-state index in [2.05, 4.69) is 25.9 Å². The third-order valence-electron chi connectivity index (χ3n) is 5.23. The van der Waals surface area contributed by atoms with Crippen molar-refractivity contribution in [2.75, 3.05) is 6.54 Å². The molecule has 1 amide bonds. The van der Waals surface area contributed by atoms with Crippen LogP contribution in [-0.4, -0.2) is 44.1 Å². The van der Waals surface area contributed by atoms with Crippen molar-refractivity contribution in [2.45, 2.75) is 38.5 Å². The van der Waals surface area contributed by atoms with Crippen molar-refractivity contribution in [3.05, 3.63) is 83.7 Å². The summed E-state index contributed by atoms with van der Waals surface area (Å²) in [5, 5.41) is 18.7. The lowest BCUT2D eigenvalue weighted by molar-refractivity contribution is -0.139. The van der Waals surface area contributed by atoms with Gasteiger partial charge in [-0.05, 0) is 49.2 Å². The van der Waals surface area contributed by atoms with E-state index in [0.29, 0.717) is 44.6 Å². The maximum atomic E-state index is 12.5. The predicted molar refractivity (Wildman–Crippen MR) is 124 cm³/mol. The minimum absolute atomic E-state index is 0.337. The van der Waals surface area contributed by atoms with Crippen molar-refractivity contribution < 1.29 is 14.7 Å². The zero-order chi connectivity index (χ0) is 23.5. The molecule has 174 valence electrons. The molecule has 0 radical (unpaired) electrons. The van der Waals surface area contributed by atoms with Crippen LogP contribution >= 0.6 is 0 Å². The number of rotatable bonds is 13. The van der Waals surface area contributed by atoms with Gasteiger partial charge in [0.25, 0.3) is 5.91 Å². The van der Waals surface area contributed by atoms with Crippen LogP contribution in [0.2, 0.25) is 0 Å². The van der Waals surface area contributed by atoms with Crippen LogP contribution in [0.25, 0.3) is 0 Å². The van der Waals surface area contributed by atoms with Crippen LogP contribution in [0.1, 0.15) is 40.3 Å². The molecular weight excluding hydrogens is 420 g/mol. The van der Waals surface area contributed by atoms with E-state index in [1.54, 1.807) is 24.5 Å². The molecule has 9 nitrogen and oxygen atoms in total. The lowest BCUT2D eigenvalue weighted by atomic mass is 10.1. The number of imidazole rings is 1. The number of aryl methyl sites for hydroxylation is 1. The molecule has 9 heteroatoms. The molecule has 0 spiro atoms. The number of aromatic nitrogens is 3. The van der Waals surface area contributed by atoms with Crippen LogP contribution in [0.5, 0.6) is 0 Å². The van der Waals surface area contributed by atoms with Crippen molar-refractivity contribution in [1.29, 1.82) is 0 Å². The second-order valence-electron chi connectivity index (χ2n) is 7.76. The van der Waals surface area contributed by atoms with Crippen LogP contribution < -0.4 is 16.0 Å². The molecule has 0 saturated heterocycles. The first-order valence-corrected chi connectivity index (χ1v) is 10.9. The van der Waals surface area contributed by atoms with Crippen LogP contribution in [-0.2, 0) is 31.5 Å². The average Bonchev–Trinajstić information content (AvgIpc) is 3.23. The Labute approximate surface area is 193 Å². The zero-order valence-electron chi connectivity index (χ0n) is 18.7. The number of hydrogen-bond acceptors (Lipinski definition) is 6. The van der Waals surface area contributed by atoms with Gasteiger partial charge in [0.15, 0.2) is 0 Å². The van der Waals surface area contributed by atoms with E-state index < -0.39 is 17.9 Å². The van der Waals surface area contributed by atoms with Gasteiger partial charge >= 0.3 is 5.97 Å². The normalized spacial score (nSPS) is 11.8.